The van der Waals surface area contributed by atoms with Gasteiger partial charge in [0.05, 0.1) is 12.0 Å². The molecular weight excluding hydrogens is 286 g/mol. The molecule has 22 heavy (non-hydrogen) atoms. The minimum atomic E-state index is -1.04. The van der Waals surface area contributed by atoms with Crippen molar-refractivity contribution in [2.75, 3.05) is 5.73 Å². The van der Waals surface area contributed by atoms with E-state index in [0.717, 1.165) is 11.3 Å². The van der Waals surface area contributed by atoms with E-state index in [2.05, 4.69) is 10.3 Å². The summed E-state index contributed by atoms with van der Waals surface area (Å²) in [4.78, 5) is 14.6. The highest BCUT2D eigenvalue weighted by Gasteiger charge is 2.59. The zero-order chi connectivity index (χ0) is 15.3. The molecule has 0 radical (unpaired) electrons. The van der Waals surface area contributed by atoms with Gasteiger partial charge in [-0.3, -0.25) is 0 Å². The lowest BCUT2D eigenvalue weighted by Gasteiger charge is -2.11. The molecule has 2 aromatic rings. The molecule has 0 unspecified atom stereocenters. The number of hydrogen-bond acceptors (Lipinski definition) is 5. The van der Waals surface area contributed by atoms with Crippen molar-refractivity contribution in [1.82, 2.24) is 10.3 Å². The molecule has 1 aromatic heterocycles. The number of anilines is 1. The Morgan fingerprint density at radius 2 is 2.14 bits per heavy atom. The molecule has 1 saturated carbocycles. The van der Waals surface area contributed by atoms with Crippen molar-refractivity contribution in [3.8, 4) is 17.2 Å². The number of nitrogens with zero attached hydrogens (tertiary/aromatic N) is 1. The number of amides is 1. The SMILES string of the molecule is Nc1cc(Oc2ccc3c(c2)[C@H]2[C@H](NC(=O)O)[C@H]2O3)ccn1. The number of hydrogen-bond donors (Lipinski definition) is 3. The van der Waals surface area contributed by atoms with Gasteiger partial charge in [-0.25, -0.2) is 9.78 Å². The Labute approximate surface area is 125 Å². The van der Waals surface area contributed by atoms with E-state index in [-0.39, 0.29) is 18.1 Å². The first kappa shape index (κ1) is 12.8. The van der Waals surface area contributed by atoms with Crippen molar-refractivity contribution in [2.24, 2.45) is 0 Å². The molecule has 7 heteroatoms. The normalized spacial score (nSPS) is 23.9. The molecular formula is C15H13N3O4. The monoisotopic (exact) mass is 299 g/mol. The number of pyridine rings is 1. The lowest BCUT2D eigenvalue weighted by atomic mass is 10.1. The van der Waals surface area contributed by atoms with Gasteiger partial charge in [0.2, 0.25) is 0 Å². The lowest BCUT2D eigenvalue weighted by Crippen LogP contribution is -2.28. The van der Waals surface area contributed by atoms with E-state index in [1.807, 2.05) is 12.1 Å². The molecule has 7 nitrogen and oxygen atoms in total. The minimum absolute atomic E-state index is 0.0529. The standard InChI is InChI=1S/C15H13N3O4/c16-11-6-8(3-4-17-11)21-7-1-2-10-9(5-7)12-13(14(12)22-10)18-15(19)20/h1-6,12-14,18H,(H2,16,17)(H,19,20)/t12-,13-,14-/m0/s1. The van der Waals surface area contributed by atoms with E-state index in [9.17, 15) is 4.79 Å². The summed E-state index contributed by atoms with van der Waals surface area (Å²) in [5, 5.41) is 11.3. The van der Waals surface area contributed by atoms with Crippen molar-refractivity contribution in [2.45, 2.75) is 18.1 Å². The van der Waals surface area contributed by atoms with Crippen molar-refractivity contribution in [3.63, 3.8) is 0 Å². The maximum absolute atomic E-state index is 10.7. The Hall–Kier alpha value is -2.96. The van der Waals surface area contributed by atoms with Crippen molar-refractivity contribution in [1.29, 1.82) is 0 Å². The fourth-order valence-electron chi connectivity index (χ4n) is 2.85. The maximum atomic E-state index is 10.7. The lowest BCUT2D eigenvalue weighted by molar-refractivity contribution is 0.190. The first-order valence-electron chi connectivity index (χ1n) is 6.81. The number of benzene rings is 1. The Kier molecular flexibility index (Phi) is 2.62. The van der Waals surface area contributed by atoms with E-state index in [1.54, 1.807) is 24.4 Å². The molecule has 2 aliphatic rings. The van der Waals surface area contributed by atoms with Gasteiger partial charge in [-0.2, -0.15) is 0 Å². The molecule has 0 bridgehead atoms. The van der Waals surface area contributed by atoms with Gasteiger partial charge in [0.25, 0.3) is 0 Å². The molecule has 2 heterocycles. The Morgan fingerprint density at radius 1 is 1.32 bits per heavy atom. The zero-order valence-electron chi connectivity index (χ0n) is 11.4. The average molecular weight is 299 g/mol. The fraction of sp³-hybridized carbons (Fsp3) is 0.200. The Morgan fingerprint density at radius 3 is 2.91 bits per heavy atom. The van der Waals surface area contributed by atoms with Crippen molar-refractivity contribution < 1.29 is 19.4 Å². The van der Waals surface area contributed by atoms with Gasteiger partial charge < -0.3 is 25.6 Å². The third-order valence-corrected chi connectivity index (χ3v) is 3.84. The highest BCUT2D eigenvalue weighted by molar-refractivity contribution is 5.67. The van der Waals surface area contributed by atoms with Crippen LogP contribution in [0.1, 0.15) is 11.5 Å². The number of nitrogens with two attached hydrogens (primary N) is 1. The molecule has 0 saturated heterocycles. The molecule has 1 amide bonds. The van der Waals surface area contributed by atoms with Crippen LogP contribution >= 0.6 is 0 Å². The van der Waals surface area contributed by atoms with E-state index in [4.69, 9.17) is 20.3 Å². The van der Waals surface area contributed by atoms with Gasteiger partial charge in [0.15, 0.2) is 0 Å². The topological polar surface area (TPSA) is 107 Å². The third-order valence-electron chi connectivity index (χ3n) is 3.84. The summed E-state index contributed by atoms with van der Waals surface area (Å²) in [7, 11) is 0. The molecule has 4 rings (SSSR count). The van der Waals surface area contributed by atoms with Gasteiger partial charge in [-0.15, -0.1) is 0 Å². The highest BCUT2D eigenvalue weighted by Crippen LogP contribution is 2.54. The average Bonchev–Trinajstić information content (AvgIpc) is 2.97. The predicted molar refractivity (Wildman–Crippen MR) is 77.3 cm³/mol. The van der Waals surface area contributed by atoms with E-state index in [0.29, 0.717) is 17.3 Å². The predicted octanol–water partition coefficient (Wildman–Crippen LogP) is 1.95. The van der Waals surface area contributed by atoms with E-state index >= 15 is 0 Å². The molecule has 3 atom stereocenters. The maximum Gasteiger partial charge on any atom is 0.405 e. The van der Waals surface area contributed by atoms with Crippen LogP contribution in [0.25, 0.3) is 0 Å². The summed E-state index contributed by atoms with van der Waals surface area (Å²) in [5.74, 6) is 2.46. The number of carboxylic acid groups (broad SMARTS) is 1. The first-order chi connectivity index (χ1) is 10.6. The number of nitrogen functional groups attached to an aromatic ring is 1. The van der Waals surface area contributed by atoms with E-state index in [1.165, 1.54) is 0 Å². The van der Waals surface area contributed by atoms with Gasteiger partial charge >= 0.3 is 6.09 Å². The van der Waals surface area contributed by atoms with Crippen LogP contribution in [0.5, 0.6) is 17.2 Å². The number of carbonyl (C=O) groups is 1. The van der Waals surface area contributed by atoms with Crippen LogP contribution in [0.2, 0.25) is 0 Å². The third kappa shape index (κ3) is 2.07. The summed E-state index contributed by atoms with van der Waals surface area (Å²) in [5.41, 5.74) is 6.58. The highest BCUT2D eigenvalue weighted by atomic mass is 16.5. The zero-order valence-corrected chi connectivity index (χ0v) is 11.4. The molecule has 1 aliphatic heterocycles. The van der Waals surface area contributed by atoms with Crippen molar-refractivity contribution in [3.05, 3.63) is 42.1 Å². The largest absolute Gasteiger partial charge is 0.487 e. The Balaban J connectivity index is 1.55. The second kappa shape index (κ2) is 4.52. The summed E-state index contributed by atoms with van der Waals surface area (Å²) < 4.78 is 11.5. The Bertz CT molecular complexity index is 764. The molecule has 1 fully saturated rings. The van der Waals surface area contributed by atoms with E-state index < -0.39 is 6.09 Å². The number of ether oxygens (including phenoxy) is 2. The number of nitrogens with one attached hydrogen (secondary N) is 1. The van der Waals surface area contributed by atoms with Crippen molar-refractivity contribution >= 4 is 11.9 Å². The van der Waals surface area contributed by atoms with Crippen LogP contribution in [0.4, 0.5) is 10.6 Å². The molecule has 112 valence electrons. The van der Waals surface area contributed by atoms with Gasteiger partial charge in [0.1, 0.15) is 29.2 Å². The second-order valence-electron chi connectivity index (χ2n) is 5.30. The summed E-state index contributed by atoms with van der Waals surface area (Å²) in [6.45, 7) is 0. The number of rotatable bonds is 3. The van der Waals surface area contributed by atoms with Crippen LogP contribution < -0.4 is 20.5 Å². The van der Waals surface area contributed by atoms with Crippen LogP contribution in [0.3, 0.4) is 0 Å². The fourth-order valence-corrected chi connectivity index (χ4v) is 2.85. The number of aromatic nitrogens is 1. The molecule has 0 spiro atoms. The van der Waals surface area contributed by atoms with Crippen LogP contribution in [-0.2, 0) is 0 Å². The summed E-state index contributed by atoms with van der Waals surface area (Å²) in [6.07, 6.45) is 0.423. The number of fused-ring (bicyclic) bond motifs is 3. The van der Waals surface area contributed by atoms with Crippen LogP contribution in [0, 0.1) is 0 Å². The van der Waals surface area contributed by atoms with Crippen LogP contribution in [-0.4, -0.2) is 28.3 Å². The summed E-state index contributed by atoms with van der Waals surface area (Å²) in [6, 6.07) is 8.68. The smallest absolute Gasteiger partial charge is 0.405 e. The quantitative estimate of drug-likeness (QED) is 0.799. The first-order valence-corrected chi connectivity index (χ1v) is 6.81. The molecule has 1 aliphatic carbocycles. The van der Waals surface area contributed by atoms with Gasteiger partial charge in [0, 0.05) is 17.8 Å². The molecule has 1 aromatic carbocycles. The second-order valence-corrected chi connectivity index (χ2v) is 5.30. The summed E-state index contributed by atoms with van der Waals surface area (Å²) >= 11 is 0. The minimum Gasteiger partial charge on any atom is -0.487 e. The van der Waals surface area contributed by atoms with Crippen LogP contribution in [0.15, 0.2) is 36.5 Å². The van der Waals surface area contributed by atoms with Gasteiger partial charge in [-0.05, 0) is 24.3 Å². The molecule has 4 N–H and O–H groups in total. The van der Waals surface area contributed by atoms with Gasteiger partial charge in [-0.1, -0.05) is 0 Å².